The maximum absolute atomic E-state index is 11.5. The molecule has 1 aliphatic carbocycles. The van der Waals surface area contributed by atoms with E-state index in [1.807, 2.05) is 18.2 Å². The Labute approximate surface area is 128 Å². The van der Waals surface area contributed by atoms with E-state index in [0.717, 1.165) is 29.2 Å². The van der Waals surface area contributed by atoms with Crippen LogP contribution in [0, 0.1) is 0 Å². The summed E-state index contributed by atoms with van der Waals surface area (Å²) in [6, 6.07) is 5.95. The second-order valence-electron chi connectivity index (χ2n) is 5.66. The molecule has 1 aromatic rings. The molecule has 6 heteroatoms. The van der Waals surface area contributed by atoms with Gasteiger partial charge in [0, 0.05) is 10.1 Å². The minimum absolute atomic E-state index is 0.304. The summed E-state index contributed by atoms with van der Waals surface area (Å²) in [5.74, 6) is 1.19. The molecule has 1 heterocycles. The SMILES string of the molecule is NC(=O)C1(N)CCCC(Sc2ccc3c(c2)OCCO3)C1. The lowest BCUT2D eigenvalue weighted by atomic mass is 9.82. The van der Waals surface area contributed by atoms with Crippen LogP contribution in [0.4, 0.5) is 0 Å². The molecule has 1 saturated carbocycles. The number of carbonyl (C=O) groups excluding carboxylic acids is 1. The van der Waals surface area contributed by atoms with Crippen molar-refractivity contribution in [1.82, 2.24) is 0 Å². The first-order chi connectivity index (χ1) is 10.1. The molecule has 1 aliphatic heterocycles. The Hall–Kier alpha value is -1.40. The van der Waals surface area contributed by atoms with Gasteiger partial charge in [-0.25, -0.2) is 0 Å². The van der Waals surface area contributed by atoms with Crippen molar-refractivity contribution in [1.29, 1.82) is 0 Å². The fraction of sp³-hybridized carbons (Fsp3) is 0.533. The number of amides is 1. The van der Waals surface area contributed by atoms with Gasteiger partial charge in [-0.15, -0.1) is 11.8 Å². The standard InChI is InChI=1S/C15H20N2O3S/c16-14(18)15(17)5-1-2-11(9-15)21-10-3-4-12-13(8-10)20-7-6-19-12/h3-4,8,11H,1-2,5-7,9,17H2,(H2,16,18). The van der Waals surface area contributed by atoms with Crippen LogP contribution in [0.15, 0.2) is 23.1 Å². The molecule has 2 aliphatic rings. The normalized spacial score (nSPS) is 28.1. The highest BCUT2D eigenvalue weighted by Gasteiger charge is 2.38. The van der Waals surface area contributed by atoms with Crippen LogP contribution < -0.4 is 20.9 Å². The fourth-order valence-corrected chi connectivity index (χ4v) is 4.24. The lowest BCUT2D eigenvalue weighted by Crippen LogP contribution is -2.55. The van der Waals surface area contributed by atoms with Crippen LogP contribution >= 0.6 is 11.8 Å². The Kier molecular flexibility index (Phi) is 3.99. The number of carbonyl (C=O) groups is 1. The number of thioether (sulfide) groups is 1. The monoisotopic (exact) mass is 308 g/mol. The van der Waals surface area contributed by atoms with E-state index < -0.39 is 11.4 Å². The maximum atomic E-state index is 11.5. The molecule has 0 radical (unpaired) electrons. The van der Waals surface area contributed by atoms with Gasteiger partial charge >= 0.3 is 0 Å². The average Bonchev–Trinajstić information content (AvgIpc) is 2.47. The number of primary amides is 1. The van der Waals surface area contributed by atoms with Crippen molar-refractivity contribution in [3.63, 3.8) is 0 Å². The van der Waals surface area contributed by atoms with E-state index in [2.05, 4.69) is 0 Å². The van der Waals surface area contributed by atoms with Gasteiger partial charge in [0.1, 0.15) is 13.2 Å². The molecule has 0 saturated heterocycles. The van der Waals surface area contributed by atoms with Crippen LogP contribution in [0.25, 0.3) is 0 Å². The van der Waals surface area contributed by atoms with Crippen molar-refractivity contribution >= 4 is 17.7 Å². The van der Waals surface area contributed by atoms with Gasteiger partial charge in [0.2, 0.25) is 5.91 Å². The summed E-state index contributed by atoms with van der Waals surface area (Å²) < 4.78 is 11.1. The molecule has 3 rings (SSSR count). The Morgan fingerprint density at radius 2 is 2.05 bits per heavy atom. The summed E-state index contributed by atoms with van der Waals surface area (Å²) >= 11 is 1.73. The first kappa shape index (κ1) is 14.5. The smallest absolute Gasteiger partial charge is 0.237 e. The lowest BCUT2D eigenvalue weighted by molar-refractivity contribution is -0.124. The second-order valence-corrected chi connectivity index (χ2v) is 7.04. The van der Waals surface area contributed by atoms with Crippen LogP contribution in [0.5, 0.6) is 11.5 Å². The first-order valence-electron chi connectivity index (χ1n) is 7.22. The molecule has 2 atom stereocenters. The molecule has 2 unspecified atom stereocenters. The van der Waals surface area contributed by atoms with Crippen molar-refractivity contribution < 1.29 is 14.3 Å². The third-order valence-corrected chi connectivity index (χ3v) is 5.31. The van der Waals surface area contributed by atoms with E-state index in [1.54, 1.807) is 11.8 Å². The van der Waals surface area contributed by atoms with E-state index >= 15 is 0 Å². The summed E-state index contributed by atoms with van der Waals surface area (Å²) in [6.07, 6.45) is 3.29. The van der Waals surface area contributed by atoms with Crippen LogP contribution in [-0.4, -0.2) is 29.9 Å². The summed E-state index contributed by atoms with van der Waals surface area (Å²) in [5.41, 5.74) is 10.7. The summed E-state index contributed by atoms with van der Waals surface area (Å²) in [7, 11) is 0. The molecular weight excluding hydrogens is 288 g/mol. The number of benzene rings is 1. The predicted molar refractivity (Wildman–Crippen MR) is 81.7 cm³/mol. The molecule has 1 aromatic carbocycles. The van der Waals surface area contributed by atoms with Gasteiger partial charge < -0.3 is 20.9 Å². The molecular formula is C15H20N2O3S. The zero-order valence-electron chi connectivity index (χ0n) is 11.8. The summed E-state index contributed by atoms with van der Waals surface area (Å²) in [4.78, 5) is 12.6. The van der Waals surface area contributed by atoms with Crippen molar-refractivity contribution in [3.8, 4) is 11.5 Å². The van der Waals surface area contributed by atoms with E-state index in [4.69, 9.17) is 20.9 Å². The van der Waals surface area contributed by atoms with Crippen LogP contribution in [-0.2, 0) is 4.79 Å². The Morgan fingerprint density at radius 3 is 2.81 bits per heavy atom. The van der Waals surface area contributed by atoms with Gasteiger partial charge in [0.15, 0.2) is 11.5 Å². The van der Waals surface area contributed by atoms with Crippen molar-refractivity contribution in [3.05, 3.63) is 18.2 Å². The zero-order chi connectivity index (χ0) is 14.9. The average molecular weight is 308 g/mol. The Bertz CT molecular complexity index is 552. The molecule has 0 aromatic heterocycles. The highest BCUT2D eigenvalue weighted by Crippen LogP contribution is 2.40. The topological polar surface area (TPSA) is 87.6 Å². The maximum Gasteiger partial charge on any atom is 0.237 e. The number of ether oxygens (including phenoxy) is 2. The summed E-state index contributed by atoms with van der Waals surface area (Å²) in [5, 5.41) is 0.304. The minimum Gasteiger partial charge on any atom is -0.486 e. The van der Waals surface area contributed by atoms with E-state index in [0.29, 0.717) is 31.3 Å². The number of hydrogen-bond acceptors (Lipinski definition) is 5. The van der Waals surface area contributed by atoms with Gasteiger partial charge in [-0.1, -0.05) is 0 Å². The van der Waals surface area contributed by atoms with Crippen LogP contribution in [0.3, 0.4) is 0 Å². The van der Waals surface area contributed by atoms with Gasteiger partial charge in [-0.05, 0) is 43.9 Å². The Morgan fingerprint density at radius 1 is 1.29 bits per heavy atom. The number of rotatable bonds is 3. The molecule has 5 nitrogen and oxygen atoms in total. The largest absolute Gasteiger partial charge is 0.486 e. The van der Waals surface area contributed by atoms with Crippen molar-refractivity contribution in [2.75, 3.05) is 13.2 Å². The van der Waals surface area contributed by atoms with E-state index in [1.165, 1.54) is 0 Å². The third-order valence-electron chi connectivity index (χ3n) is 4.05. The summed E-state index contributed by atoms with van der Waals surface area (Å²) in [6.45, 7) is 1.18. The molecule has 114 valence electrons. The van der Waals surface area contributed by atoms with Crippen LogP contribution in [0.2, 0.25) is 0 Å². The molecule has 0 spiro atoms. The Balaban J connectivity index is 1.70. The number of nitrogens with two attached hydrogens (primary N) is 2. The first-order valence-corrected chi connectivity index (χ1v) is 8.10. The van der Waals surface area contributed by atoms with Crippen molar-refractivity contribution in [2.24, 2.45) is 11.5 Å². The van der Waals surface area contributed by atoms with Gasteiger partial charge in [-0.2, -0.15) is 0 Å². The van der Waals surface area contributed by atoms with E-state index in [9.17, 15) is 4.79 Å². The lowest BCUT2D eigenvalue weighted by Gasteiger charge is -2.35. The molecule has 4 N–H and O–H groups in total. The van der Waals surface area contributed by atoms with Gasteiger partial charge in [0.05, 0.1) is 5.54 Å². The third kappa shape index (κ3) is 3.11. The van der Waals surface area contributed by atoms with Crippen molar-refractivity contribution in [2.45, 2.75) is 41.4 Å². The zero-order valence-corrected chi connectivity index (χ0v) is 12.7. The molecule has 1 fully saturated rings. The molecule has 0 bridgehead atoms. The highest BCUT2D eigenvalue weighted by molar-refractivity contribution is 8.00. The van der Waals surface area contributed by atoms with Gasteiger partial charge in [-0.3, -0.25) is 4.79 Å². The predicted octanol–water partition coefficient (Wildman–Crippen LogP) is 1.68. The quantitative estimate of drug-likeness (QED) is 0.887. The molecule has 1 amide bonds. The molecule has 21 heavy (non-hydrogen) atoms. The fourth-order valence-electron chi connectivity index (χ4n) is 2.87. The number of hydrogen-bond donors (Lipinski definition) is 2. The van der Waals surface area contributed by atoms with Gasteiger partial charge in [0.25, 0.3) is 0 Å². The van der Waals surface area contributed by atoms with E-state index in [-0.39, 0.29) is 0 Å². The highest BCUT2D eigenvalue weighted by atomic mass is 32.2. The number of fused-ring (bicyclic) bond motifs is 1. The second kappa shape index (κ2) is 5.77. The minimum atomic E-state index is -0.857. The van der Waals surface area contributed by atoms with Crippen LogP contribution in [0.1, 0.15) is 25.7 Å².